The van der Waals surface area contributed by atoms with Crippen LogP contribution in [-0.4, -0.2) is 15.3 Å². The number of unbranched alkanes of at least 4 members (excludes halogenated alkanes) is 1. The Labute approximate surface area is 149 Å². The van der Waals surface area contributed by atoms with Crippen molar-refractivity contribution in [2.45, 2.75) is 39.0 Å². The van der Waals surface area contributed by atoms with E-state index in [9.17, 15) is 4.79 Å². The summed E-state index contributed by atoms with van der Waals surface area (Å²) in [5, 5.41) is 0. The van der Waals surface area contributed by atoms with Gasteiger partial charge >= 0.3 is 0 Å². The van der Waals surface area contributed by atoms with Gasteiger partial charge in [-0.25, -0.2) is 4.98 Å². The number of ketones is 1. The molecule has 1 heterocycles. The number of para-hydroxylation sites is 1. The van der Waals surface area contributed by atoms with Gasteiger partial charge in [-0.3, -0.25) is 4.79 Å². The number of aryl methyl sites for hydroxylation is 1. The van der Waals surface area contributed by atoms with Gasteiger partial charge in [-0.05, 0) is 36.1 Å². The fourth-order valence-electron chi connectivity index (χ4n) is 2.97. The number of carbonyl (C=O) groups excluding carboxylic acids is 1. The van der Waals surface area contributed by atoms with Crippen LogP contribution in [0.2, 0.25) is 0 Å². The van der Waals surface area contributed by atoms with Crippen LogP contribution in [0.3, 0.4) is 0 Å². The molecule has 0 N–H and O–H groups in total. The minimum absolute atomic E-state index is 0.207. The van der Waals surface area contributed by atoms with E-state index in [0.29, 0.717) is 12.8 Å². The molecule has 0 aliphatic rings. The molecule has 0 bridgehead atoms. The van der Waals surface area contributed by atoms with E-state index >= 15 is 0 Å². The lowest BCUT2D eigenvalue weighted by Gasteiger charge is -2.08. The van der Waals surface area contributed by atoms with Gasteiger partial charge in [-0.15, -0.1) is 0 Å². The minimum Gasteiger partial charge on any atom is -0.303 e. The smallest absolute Gasteiger partial charge is 0.143 e. The molecule has 0 unspecified atom stereocenters. The third-order valence-electron chi connectivity index (χ3n) is 4.37. The molecule has 0 saturated carbocycles. The maximum Gasteiger partial charge on any atom is 0.143 e. The van der Waals surface area contributed by atoms with E-state index in [-0.39, 0.29) is 5.78 Å². The zero-order chi connectivity index (χ0) is 17.5. The van der Waals surface area contributed by atoms with Crippen molar-refractivity contribution >= 4 is 5.78 Å². The van der Waals surface area contributed by atoms with Gasteiger partial charge in [0.15, 0.2) is 0 Å². The molecule has 0 amide bonds. The average molecular weight is 332 g/mol. The molecular weight excluding hydrogens is 308 g/mol. The second-order valence-corrected chi connectivity index (χ2v) is 6.40. The summed E-state index contributed by atoms with van der Waals surface area (Å²) >= 11 is 0. The van der Waals surface area contributed by atoms with E-state index in [2.05, 4.69) is 36.2 Å². The number of hydrogen-bond acceptors (Lipinski definition) is 2. The second kappa shape index (κ2) is 8.43. The molecule has 0 saturated heterocycles. The predicted molar refractivity (Wildman–Crippen MR) is 101 cm³/mol. The largest absolute Gasteiger partial charge is 0.303 e. The van der Waals surface area contributed by atoms with Crippen LogP contribution in [0.4, 0.5) is 0 Å². The first-order valence-electron chi connectivity index (χ1n) is 8.92. The van der Waals surface area contributed by atoms with Crippen LogP contribution < -0.4 is 0 Å². The third-order valence-corrected chi connectivity index (χ3v) is 4.37. The molecule has 3 aromatic rings. The summed E-state index contributed by atoms with van der Waals surface area (Å²) in [5.41, 5.74) is 4.38. The van der Waals surface area contributed by atoms with Gasteiger partial charge in [0.25, 0.3) is 0 Å². The molecule has 2 aromatic carbocycles. The van der Waals surface area contributed by atoms with Gasteiger partial charge in [0, 0.05) is 30.4 Å². The standard InChI is InChI=1S/C22H24N2O/c1-2-3-7-18-10-12-19(13-11-18)14-22(25)15-21-16-23-17-24(21)20-8-5-4-6-9-20/h4-6,8-13,16-17H,2-3,7,14-15H2,1H3. The van der Waals surface area contributed by atoms with Gasteiger partial charge in [0.1, 0.15) is 5.78 Å². The third kappa shape index (κ3) is 4.66. The van der Waals surface area contributed by atoms with Crippen LogP contribution in [0.15, 0.2) is 67.1 Å². The molecule has 3 heteroatoms. The lowest BCUT2D eigenvalue weighted by Crippen LogP contribution is -2.10. The molecular formula is C22H24N2O. The molecule has 0 radical (unpaired) electrons. The average Bonchev–Trinajstić information content (AvgIpc) is 3.10. The van der Waals surface area contributed by atoms with Crippen LogP contribution in [0.25, 0.3) is 5.69 Å². The number of carbonyl (C=O) groups is 1. The van der Waals surface area contributed by atoms with Crippen molar-refractivity contribution in [1.29, 1.82) is 0 Å². The lowest BCUT2D eigenvalue weighted by molar-refractivity contribution is -0.117. The van der Waals surface area contributed by atoms with Crippen molar-refractivity contribution in [2.24, 2.45) is 0 Å². The molecule has 25 heavy (non-hydrogen) atoms. The number of hydrogen-bond donors (Lipinski definition) is 0. The SMILES string of the molecule is CCCCc1ccc(CC(=O)Cc2cncn2-c2ccccc2)cc1. The number of Topliss-reactive ketones (excluding diaryl/α,β-unsaturated/α-hetero) is 1. The van der Waals surface area contributed by atoms with Crippen LogP contribution in [0.5, 0.6) is 0 Å². The Morgan fingerprint density at radius 3 is 2.40 bits per heavy atom. The molecule has 0 aliphatic carbocycles. The van der Waals surface area contributed by atoms with E-state index in [4.69, 9.17) is 0 Å². The Kier molecular flexibility index (Phi) is 5.78. The maximum absolute atomic E-state index is 12.5. The van der Waals surface area contributed by atoms with Crippen LogP contribution in [0.1, 0.15) is 36.6 Å². The number of nitrogens with zero attached hydrogens (tertiary/aromatic N) is 2. The van der Waals surface area contributed by atoms with Gasteiger partial charge in [-0.2, -0.15) is 0 Å². The van der Waals surface area contributed by atoms with Gasteiger partial charge in [0.2, 0.25) is 0 Å². The first-order chi connectivity index (χ1) is 12.3. The molecule has 0 spiro atoms. The highest BCUT2D eigenvalue weighted by Crippen LogP contribution is 2.13. The summed E-state index contributed by atoms with van der Waals surface area (Å²) in [6, 6.07) is 18.4. The Morgan fingerprint density at radius 1 is 0.960 bits per heavy atom. The van der Waals surface area contributed by atoms with E-state index in [1.807, 2.05) is 34.9 Å². The second-order valence-electron chi connectivity index (χ2n) is 6.40. The number of imidazole rings is 1. The summed E-state index contributed by atoms with van der Waals surface area (Å²) in [6.45, 7) is 2.20. The molecule has 0 fully saturated rings. The summed E-state index contributed by atoms with van der Waals surface area (Å²) < 4.78 is 1.98. The number of rotatable bonds is 8. The number of aromatic nitrogens is 2. The van der Waals surface area contributed by atoms with Crippen molar-refractivity contribution in [3.63, 3.8) is 0 Å². The fraction of sp³-hybridized carbons (Fsp3) is 0.273. The molecule has 1 aromatic heterocycles. The zero-order valence-corrected chi connectivity index (χ0v) is 14.7. The van der Waals surface area contributed by atoms with Crippen LogP contribution in [0, 0.1) is 0 Å². The van der Waals surface area contributed by atoms with Crippen molar-refractivity contribution in [3.05, 3.63) is 83.9 Å². The van der Waals surface area contributed by atoms with Gasteiger partial charge in [0.05, 0.1) is 6.33 Å². The monoisotopic (exact) mass is 332 g/mol. The summed E-state index contributed by atoms with van der Waals surface area (Å²) in [5.74, 6) is 0.207. The normalized spacial score (nSPS) is 10.8. The van der Waals surface area contributed by atoms with E-state index in [0.717, 1.165) is 23.4 Å². The Hall–Kier alpha value is -2.68. The Balaban J connectivity index is 1.63. The topological polar surface area (TPSA) is 34.9 Å². The van der Waals surface area contributed by atoms with Crippen LogP contribution in [-0.2, 0) is 24.1 Å². The molecule has 0 aliphatic heterocycles. The Morgan fingerprint density at radius 2 is 1.68 bits per heavy atom. The molecule has 3 nitrogen and oxygen atoms in total. The minimum atomic E-state index is 0.207. The van der Waals surface area contributed by atoms with Gasteiger partial charge in [-0.1, -0.05) is 55.8 Å². The van der Waals surface area contributed by atoms with E-state index in [1.54, 1.807) is 12.5 Å². The Bertz CT molecular complexity index is 804. The molecule has 0 atom stereocenters. The highest BCUT2D eigenvalue weighted by Gasteiger charge is 2.10. The van der Waals surface area contributed by atoms with Crippen molar-refractivity contribution in [1.82, 2.24) is 9.55 Å². The highest BCUT2D eigenvalue weighted by molar-refractivity contribution is 5.82. The highest BCUT2D eigenvalue weighted by atomic mass is 16.1. The summed E-state index contributed by atoms with van der Waals surface area (Å²) in [7, 11) is 0. The van der Waals surface area contributed by atoms with Crippen LogP contribution >= 0.6 is 0 Å². The maximum atomic E-state index is 12.5. The quantitative estimate of drug-likeness (QED) is 0.606. The predicted octanol–water partition coefficient (Wildman–Crippen LogP) is 4.57. The first kappa shape index (κ1) is 17.2. The zero-order valence-electron chi connectivity index (χ0n) is 14.7. The number of benzene rings is 2. The first-order valence-corrected chi connectivity index (χ1v) is 8.92. The summed E-state index contributed by atoms with van der Waals surface area (Å²) in [4.78, 5) is 16.7. The van der Waals surface area contributed by atoms with Crippen molar-refractivity contribution in [3.8, 4) is 5.69 Å². The fourth-order valence-corrected chi connectivity index (χ4v) is 2.97. The van der Waals surface area contributed by atoms with Crippen molar-refractivity contribution < 1.29 is 4.79 Å². The molecule has 3 rings (SSSR count). The summed E-state index contributed by atoms with van der Waals surface area (Å²) in [6.07, 6.45) is 7.93. The van der Waals surface area contributed by atoms with Crippen molar-refractivity contribution in [2.75, 3.05) is 0 Å². The van der Waals surface area contributed by atoms with E-state index < -0.39 is 0 Å². The van der Waals surface area contributed by atoms with E-state index in [1.165, 1.54) is 18.4 Å². The lowest BCUT2D eigenvalue weighted by atomic mass is 10.0. The molecule has 128 valence electrons. The van der Waals surface area contributed by atoms with Gasteiger partial charge < -0.3 is 4.57 Å².